The molecule has 2 aliphatic rings. The highest BCUT2D eigenvalue weighted by atomic mass is 32.2. The van der Waals surface area contributed by atoms with E-state index in [-0.39, 0.29) is 11.6 Å². The molecule has 0 unspecified atom stereocenters. The summed E-state index contributed by atoms with van der Waals surface area (Å²) in [5.74, 6) is 0.307. The van der Waals surface area contributed by atoms with Gasteiger partial charge in [-0.3, -0.25) is 4.90 Å². The average Bonchev–Trinajstić information content (AvgIpc) is 2.62. The zero-order valence-electron chi connectivity index (χ0n) is 14.3. The third kappa shape index (κ3) is 4.21. The Kier molecular flexibility index (Phi) is 5.13. The van der Waals surface area contributed by atoms with Gasteiger partial charge in [-0.2, -0.15) is 8.42 Å². The number of allylic oxidation sites excluding steroid dienone is 2. The van der Waals surface area contributed by atoms with Gasteiger partial charge < -0.3 is 8.92 Å². The number of ether oxygens (including phenoxy) is 1. The Morgan fingerprint density at radius 1 is 1.32 bits per heavy atom. The van der Waals surface area contributed by atoms with Gasteiger partial charge in [0.05, 0.1) is 24.5 Å². The van der Waals surface area contributed by atoms with Crippen LogP contribution in [0.5, 0.6) is 5.75 Å². The topological polar surface area (TPSA) is 55.8 Å². The van der Waals surface area contributed by atoms with Crippen LogP contribution in [-0.2, 0) is 14.9 Å². The molecule has 1 saturated heterocycles. The zero-order chi connectivity index (χ0) is 17.9. The van der Waals surface area contributed by atoms with Gasteiger partial charge >= 0.3 is 10.1 Å². The van der Waals surface area contributed by atoms with Gasteiger partial charge in [0.1, 0.15) is 5.75 Å². The van der Waals surface area contributed by atoms with E-state index in [4.69, 9.17) is 8.92 Å². The maximum Gasteiger partial charge on any atom is 0.306 e. The molecule has 1 aromatic rings. The van der Waals surface area contributed by atoms with Gasteiger partial charge in [0.25, 0.3) is 0 Å². The first-order valence-electron chi connectivity index (χ1n) is 8.26. The summed E-state index contributed by atoms with van der Waals surface area (Å²) in [5.41, 5.74) is 0.830. The second-order valence-corrected chi connectivity index (χ2v) is 7.92. The molecule has 3 rings (SSSR count). The molecule has 0 bridgehead atoms. The monoisotopic (exact) mass is 361 g/mol. The molecule has 0 amide bonds. The summed E-state index contributed by atoms with van der Waals surface area (Å²) in [5, 5.41) is 0. The highest BCUT2D eigenvalue weighted by Crippen LogP contribution is 2.33. The van der Waals surface area contributed by atoms with E-state index in [1.807, 2.05) is 18.2 Å². The van der Waals surface area contributed by atoms with Crippen LogP contribution in [0.3, 0.4) is 0 Å². The Morgan fingerprint density at radius 2 is 2.08 bits per heavy atom. The zero-order valence-corrected chi connectivity index (χ0v) is 15.1. The first-order valence-corrected chi connectivity index (χ1v) is 10.1. The van der Waals surface area contributed by atoms with Crippen molar-refractivity contribution in [1.82, 2.24) is 4.90 Å². The van der Waals surface area contributed by atoms with E-state index in [0.717, 1.165) is 31.3 Å². The van der Waals surface area contributed by atoms with Gasteiger partial charge in [0.15, 0.2) is 0 Å². The number of rotatable bonds is 5. The molecule has 0 aromatic heterocycles. The number of hydrogen-bond donors (Lipinski definition) is 0. The van der Waals surface area contributed by atoms with E-state index in [1.165, 1.54) is 0 Å². The van der Waals surface area contributed by atoms with Crippen molar-refractivity contribution in [3.63, 3.8) is 0 Å². The van der Waals surface area contributed by atoms with E-state index < -0.39 is 10.1 Å². The summed E-state index contributed by atoms with van der Waals surface area (Å²) in [7, 11) is -3.51. The van der Waals surface area contributed by atoms with Crippen molar-refractivity contribution in [3.8, 4) is 5.75 Å². The Balaban J connectivity index is 1.74. The van der Waals surface area contributed by atoms with Crippen LogP contribution in [-0.4, -0.2) is 44.8 Å². The smallest absolute Gasteiger partial charge is 0.306 e. The van der Waals surface area contributed by atoms with Crippen molar-refractivity contribution in [2.45, 2.75) is 18.1 Å². The van der Waals surface area contributed by atoms with Crippen LogP contribution >= 0.6 is 0 Å². The molecule has 1 aromatic carbocycles. The van der Waals surface area contributed by atoms with Crippen LogP contribution < -0.4 is 4.18 Å². The normalized spacial score (nSPS) is 27.2. The van der Waals surface area contributed by atoms with Crippen molar-refractivity contribution in [2.24, 2.45) is 0 Å². The number of nitrogens with zero attached hydrogens (tertiary/aromatic N) is 1. The van der Waals surface area contributed by atoms with Crippen LogP contribution in [0.2, 0.25) is 0 Å². The molecule has 0 radical (unpaired) electrons. The lowest BCUT2D eigenvalue weighted by Crippen LogP contribution is -2.52. The molecule has 5 nitrogen and oxygen atoms in total. The molecule has 0 spiro atoms. The molecular weight excluding hydrogens is 338 g/mol. The van der Waals surface area contributed by atoms with Gasteiger partial charge in [0.2, 0.25) is 0 Å². The first kappa shape index (κ1) is 17.9. The van der Waals surface area contributed by atoms with E-state index in [2.05, 4.69) is 35.8 Å². The molecule has 1 heterocycles. The molecule has 6 heteroatoms. The Labute approximate surface area is 149 Å². The second kappa shape index (κ2) is 7.15. The number of hydrogen-bond acceptors (Lipinski definition) is 5. The van der Waals surface area contributed by atoms with Gasteiger partial charge in [-0.25, -0.2) is 0 Å². The summed E-state index contributed by atoms with van der Waals surface area (Å²) < 4.78 is 33.2. The summed E-state index contributed by atoms with van der Waals surface area (Å²) in [6, 6.07) is 7.02. The fraction of sp³-hybridized carbons (Fsp3) is 0.368. The molecule has 0 N–H and O–H groups in total. The molecule has 0 saturated carbocycles. The lowest BCUT2D eigenvalue weighted by atomic mass is 9.88. The summed E-state index contributed by atoms with van der Waals surface area (Å²) in [6.07, 6.45) is 12.3. The average molecular weight is 361 g/mol. The Hall–Kier alpha value is -1.89. The Morgan fingerprint density at radius 3 is 2.68 bits per heavy atom. The van der Waals surface area contributed by atoms with Gasteiger partial charge in [0, 0.05) is 13.1 Å². The molecule has 1 aliphatic carbocycles. The second-order valence-electron chi connectivity index (χ2n) is 6.35. The quantitative estimate of drug-likeness (QED) is 0.596. The molecule has 1 fully saturated rings. The fourth-order valence-electron chi connectivity index (χ4n) is 3.28. The van der Waals surface area contributed by atoms with Crippen LogP contribution in [0, 0.1) is 0 Å². The SMILES string of the molecule is C=C[C@@]1(N2CCO[C@H](c3ccc(OS(C)(=O)=O)cc3)C2)C=CC=CC1. The molecule has 2 atom stereocenters. The highest BCUT2D eigenvalue weighted by molar-refractivity contribution is 7.86. The lowest BCUT2D eigenvalue weighted by Gasteiger charge is -2.44. The standard InChI is InChI=1S/C19H23NO4S/c1-3-19(11-5-4-6-12-19)20-13-14-23-18(15-20)16-7-9-17(10-8-16)24-25(2,21)22/h3-11,18H,1,12-15H2,2H3/t18-,19+/m0/s1. The first-order chi connectivity index (χ1) is 11.9. The van der Waals surface area contributed by atoms with Crippen molar-refractivity contribution in [1.29, 1.82) is 0 Å². The third-order valence-corrected chi connectivity index (χ3v) is 5.08. The van der Waals surface area contributed by atoms with Gasteiger partial charge in [-0.15, -0.1) is 6.58 Å². The minimum Gasteiger partial charge on any atom is -0.383 e. The van der Waals surface area contributed by atoms with Crippen molar-refractivity contribution in [2.75, 3.05) is 26.0 Å². The van der Waals surface area contributed by atoms with E-state index in [0.29, 0.717) is 12.4 Å². The van der Waals surface area contributed by atoms with Crippen molar-refractivity contribution < 1.29 is 17.3 Å². The van der Waals surface area contributed by atoms with Crippen LogP contribution in [0.15, 0.2) is 61.2 Å². The summed E-state index contributed by atoms with van der Waals surface area (Å²) in [6.45, 7) is 6.26. The van der Waals surface area contributed by atoms with Crippen LogP contribution in [0.4, 0.5) is 0 Å². The molecular formula is C19H23NO4S. The van der Waals surface area contributed by atoms with E-state index in [9.17, 15) is 8.42 Å². The van der Waals surface area contributed by atoms with Gasteiger partial charge in [-0.1, -0.05) is 42.5 Å². The summed E-state index contributed by atoms with van der Waals surface area (Å²) in [4.78, 5) is 2.38. The molecule has 134 valence electrons. The largest absolute Gasteiger partial charge is 0.383 e. The van der Waals surface area contributed by atoms with Gasteiger partial charge in [-0.05, 0) is 24.1 Å². The third-order valence-electron chi connectivity index (χ3n) is 4.59. The minimum absolute atomic E-state index is 0.0721. The number of morpholine rings is 1. The van der Waals surface area contributed by atoms with Crippen molar-refractivity contribution in [3.05, 3.63) is 66.8 Å². The van der Waals surface area contributed by atoms with E-state index in [1.54, 1.807) is 12.1 Å². The predicted octanol–water partition coefficient (Wildman–Crippen LogP) is 2.84. The number of benzene rings is 1. The predicted molar refractivity (Wildman–Crippen MR) is 98.0 cm³/mol. The van der Waals surface area contributed by atoms with Crippen LogP contribution in [0.25, 0.3) is 0 Å². The van der Waals surface area contributed by atoms with Crippen molar-refractivity contribution >= 4 is 10.1 Å². The van der Waals surface area contributed by atoms with E-state index >= 15 is 0 Å². The fourth-order valence-corrected chi connectivity index (χ4v) is 3.74. The maximum absolute atomic E-state index is 11.2. The Bertz CT molecular complexity index is 782. The highest BCUT2D eigenvalue weighted by Gasteiger charge is 2.35. The minimum atomic E-state index is -3.51. The molecule has 25 heavy (non-hydrogen) atoms. The van der Waals surface area contributed by atoms with Crippen LogP contribution in [0.1, 0.15) is 18.1 Å². The summed E-state index contributed by atoms with van der Waals surface area (Å²) >= 11 is 0. The lowest BCUT2D eigenvalue weighted by molar-refractivity contribution is -0.0511. The molecule has 1 aliphatic heterocycles. The maximum atomic E-state index is 11.2.